The van der Waals surface area contributed by atoms with E-state index >= 15 is 0 Å². The van der Waals surface area contributed by atoms with Gasteiger partial charge in [-0.1, -0.05) is 12.1 Å². The quantitative estimate of drug-likeness (QED) is 0.923. The summed E-state index contributed by atoms with van der Waals surface area (Å²) in [5.41, 5.74) is 5.36. The van der Waals surface area contributed by atoms with Crippen LogP contribution >= 0.6 is 11.3 Å². The van der Waals surface area contributed by atoms with E-state index in [1.165, 1.54) is 42.4 Å². The fraction of sp³-hybridized carbons (Fsp3) is 0.438. The number of thiazole rings is 1. The molecule has 100 valence electrons. The predicted octanol–water partition coefficient (Wildman–Crippen LogP) is 3.61. The summed E-state index contributed by atoms with van der Waals surface area (Å²) in [6.07, 6.45) is 6.77. The number of aryl methyl sites for hydroxylation is 3. The van der Waals surface area contributed by atoms with Gasteiger partial charge in [0.25, 0.3) is 0 Å². The molecule has 0 amide bonds. The second-order valence-electron chi connectivity index (χ2n) is 5.14. The van der Waals surface area contributed by atoms with Crippen LogP contribution in [0.1, 0.15) is 35.4 Å². The number of fused-ring (bicyclic) bond motifs is 1. The van der Waals surface area contributed by atoms with E-state index in [2.05, 4.69) is 28.6 Å². The Hall–Kier alpha value is -1.19. The molecule has 0 radical (unpaired) electrons. The van der Waals surface area contributed by atoms with E-state index < -0.39 is 0 Å². The largest absolute Gasteiger partial charge is 0.396 e. The normalized spacial score (nSPS) is 14.4. The number of benzene rings is 1. The molecule has 0 saturated heterocycles. The highest BCUT2D eigenvalue weighted by atomic mass is 32.1. The molecule has 2 aromatic rings. The van der Waals surface area contributed by atoms with E-state index in [0.717, 1.165) is 23.5 Å². The summed E-state index contributed by atoms with van der Waals surface area (Å²) in [7, 11) is 0. The summed E-state index contributed by atoms with van der Waals surface area (Å²) in [6, 6.07) is 6.80. The molecule has 0 saturated carbocycles. The van der Waals surface area contributed by atoms with Crippen LogP contribution in [0, 0.1) is 0 Å². The molecule has 0 aliphatic heterocycles. The Kier molecular flexibility index (Phi) is 3.95. The van der Waals surface area contributed by atoms with E-state index in [0.29, 0.717) is 0 Å². The molecule has 1 N–H and O–H groups in total. The Balaban J connectivity index is 1.83. The zero-order valence-corrected chi connectivity index (χ0v) is 11.9. The van der Waals surface area contributed by atoms with Crippen molar-refractivity contribution < 1.29 is 5.11 Å². The van der Waals surface area contributed by atoms with Gasteiger partial charge in [0, 0.05) is 24.0 Å². The molecule has 1 aliphatic rings. The monoisotopic (exact) mass is 273 g/mol. The van der Waals surface area contributed by atoms with Crippen molar-refractivity contribution in [2.75, 3.05) is 6.61 Å². The van der Waals surface area contributed by atoms with Crippen LogP contribution < -0.4 is 0 Å². The highest BCUT2D eigenvalue weighted by Gasteiger charge is 2.11. The molecule has 0 atom stereocenters. The number of aliphatic hydroxyl groups excluding tert-OH is 1. The van der Waals surface area contributed by atoms with E-state index in [4.69, 9.17) is 5.11 Å². The lowest BCUT2D eigenvalue weighted by molar-refractivity contribution is 0.288. The topological polar surface area (TPSA) is 33.1 Å². The molecule has 1 aliphatic carbocycles. The van der Waals surface area contributed by atoms with Gasteiger partial charge in [-0.15, -0.1) is 11.3 Å². The average molecular weight is 273 g/mol. The van der Waals surface area contributed by atoms with E-state index in [1.54, 1.807) is 11.3 Å². The summed E-state index contributed by atoms with van der Waals surface area (Å²) in [5, 5.41) is 12.1. The molecule has 1 aromatic carbocycles. The van der Waals surface area contributed by atoms with Crippen molar-refractivity contribution in [2.45, 2.75) is 38.5 Å². The maximum Gasteiger partial charge on any atom is 0.0933 e. The lowest BCUT2D eigenvalue weighted by Gasteiger charge is -2.16. The molecule has 0 fully saturated rings. The van der Waals surface area contributed by atoms with Crippen LogP contribution in [-0.2, 0) is 19.3 Å². The van der Waals surface area contributed by atoms with Gasteiger partial charge in [0.2, 0.25) is 0 Å². The first-order valence-corrected chi connectivity index (χ1v) is 7.92. The van der Waals surface area contributed by atoms with Crippen LogP contribution in [0.2, 0.25) is 0 Å². The van der Waals surface area contributed by atoms with Gasteiger partial charge >= 0.3 is 0 Å². The van der Waals surface area contributed by atoms with Crippen LogP contribution in [0.5, 0.6) is 0 Å². The lowest BCUT2D eigenvalue weighted by Crippen LogP contribution is -2.02. The zero-order chi connectivity index (χ0) is 13.1. The number of aliphatic hydroxyl groups is 1. The smallest absolute Gasteiger partial charge is 0.0933 e. The highest BCUT2D eigenvalue weighted by Crippen LogP contribution is 2.28. The van der Waals surface area contributed by atoms with Crippen LogP contribution in [0.4, 0.5) is 0 Å². The number of hydrogen-bond donors (Lipinski definition) is 1. The van der Waals surface area contributed by atoms with Gasteiger partial charge < -0.3 is 5.11 Å². The Morgan fingerprint density at radius 3 is 2.84 bits per heavy atom. The van der Waals surface area contributed by atoms with Gasteiger partial charge in [-0.05, 0) is 49.3 Å². The predicted molar refractivity (Wildman–Crippen MR) is 79.6 cm³/mol. The van der Waals surface area contributed by atoms with Crippen molar-refractivity contribution in [1.82, 2.24) is 4.98 Å². The summed E-state index contributed by atoms with van der Waals surface area (Å²) in [5.74, 6) is 0. The lowest BCUT2D eigenvalue weighted by atomic mass is 9.90. The average Bonchev–Trinajstić information content (AvgIpc) is 2.93. The van der Waals surface area contributed by atoms with E-state index in [-0.39, 0.29) is 6.61 Å². The van der Waals surface area contributed by atoms with Gasteiger partial charge in [-0.2, -0.15) is 0 Å². The first-order chi connectivity index (χ1) is 9.36. The fourth-order valence-electron chi connectivity index (χ4n) is 2.68. The second-order valence-corrected chi connectivity index (χ2v) is 6.09. The standard InChI is InChI=1S/C16H19NOS/c18-9-3-6-16-17-15(11-19-16)14-8-7-12-4-1-2-5-13(12)10-14/h7-8,10-11,18H,1-6,9H2. The molecule has 19 heavy (non-hydrogen) atoms. The van der Waals surface area contributed by atoms with Crippen LogP contribution in [-0.4, -0.2) is 16.7 Å². The second kappa shape index (κ2) is 5.85. The number of nitrogens with zero attached hydrogens (tertiary/aromatic N) is 1. The number of aromatic nitrogens is 1. The summed E-state index contributed by atoms with van der Waals surface area (Å²) in [4.78, 5) is 4.67. The Morgan fingerprint density at radius 2 is 2.00 bits per heavy atom. The maximum atomic E-state index is 8.86. The maximum absolute atomic E-state index is 8.86. The molecular formula is C16H19NOS. The Morgan fingerprint density at radius 1 is 1.16 bits per heavy atom. The molecule has 1 heterocycles. The van der Waals surface area contributed by atoms with Crippen LogP contribution in [0.15, 0.2) is 23.6 Å². The number of hydrogen-bond acceptors (Lipinski definition) is 3. The van der Waals surface area contributed by atoms with Gasteiger partial charge in [0.05, 0.1) is 10.7 Å². The molecule has 0 unspecified atom stereocenters. The van der Waals surface area contributed by atoms with E-state index in [1.807, 2.05) is 0 Å². The minimum absolute atomic E-state index is 0.244. The van der Waals surface area contributed by atoms with Crippen molar-refractivity contribution in [2.24, 2.45) is 0 Å². The van der Waals surface area contributed by atoms with E-state index in [9.17, 15) is 0 Å². The van der Waals surface area contributed by atoms with Gasteiger partial charge in [-0.25, -0.2) is 4.98 Å². The Bertz CT molecular complexity index is 562. The molecular weight excluding hydrogens is 254 g/mol. The third-order valence-corrected chi connectivity index (χ3v) is 4.65. The van der Waals surface area contributed by atoms with Crippen LogP contribution in [0.25, 0.3) is 11.3 Å². The molecule has 2 nitrogen and oxygen atoms in total. The molecule has 3 heteroatoms. The van der Waals surface area contributed by atoms with Gasteiger partial charge in [0.15, 0.2) is 0 Å². The third-order valence-electron chi connectivity index (χ3n) is 3.74. The van der Waals surface area contributed by atoms with Crippen molar-refractivity contribution in [3.63, 3.8) is 0 Å². The molecule has 0 spiro atoms. The molecule has 3 rings (SSSR count). The SMILES string of the molecule is OCCCc1nc(-c2ccc3c(c2)CCCC3)cs1. The van der Waals surface area contributed by atoms with Crippen LogP contribution in [0.3, 0.4) is 0 Å². The highest BCUT2D eigenvalue weighted by molar-refractivity contribution is 7.09. The first kappa shape index (κ1) is 12.8. The summed E-state index contributed by atoms with van der Waals surface area (Å²) < 4.78 is 0. The first-order valence-electron chi connectivity index (χ1n) is 7.04. The summed E-state index contributed by atoms with van der Waals surface area (Å²) >= 11 is 1.70. The minimum atomic E-state index is 0.244. The molecule has 1 aromatic heterocycles. The van der Waals surface area contributed by atoms with Gasteiger partial charge in [-0.3, -0.25) is 0 Å². The summed E-state index contributed by atoms with van der Waals surface area (Å²) in [6.45, 7) is 0.244. The van der Waals surface area contributed by atoms with Crippen molar-refractivity contribution in [3.8, 4) is 11.3 Å². The Labute approximate surface area is 118 Å². The van der Waals surface area contributed by atoms with Gasteiger partial charge in [0.1, 0.15) is 0 Å². The fourth-order valence-corrected chi connectivity index (χ4v) is 3.53. The molecule has 0 bridgehead atoms. The zero-order valence-electron chi connectivity index (χ0n) is 11.1. The van der Waals surface area contributed by atoms with Crippen molar-refractivity contribution in [1.29, 1.82) is 0 Å². The minimum Gasteiger partial charge on any atom is -0.396 e. The third kappa shape index (κ3) is 2.88. The van der Waals surface area contributed by atoms with Crippen molar-refractivity contribution >= 4 is 11.3 Å². The van der Waals surface area contributed by atoms with Crippen molar-refractivity contribution in [3.05, 3.63) is 39.7 Å². The number of rotatable bonds is 4.